The zero-order valence-electron chi connectivity index (χ0n) is 12.7. The summed E-state index contributed by atoms with van der Waals surface area (Å²) in [6, 6.07) is 0.874. The zero-order valence-corrected chi connectivity index (χ0v) is 12.7. The van der Waals surface area contributed by atoms with Gasteiger partial charge in [-0.25, -0.2) is 4.98 Å². The molecule has 6 N–H and O–H groups in total. The van der Waals surface area contributed by atoms with Crippen LogP contribution in [-0.2, 0) is 12.8 Å². The van der Waals surface area contributed by atoms with E-state index in [-0.39, 0.29) is 0 Å². The van der Waals surface area contributed by atoms with E-state index in [1.807, 2.05) is 0 Å². The highest BCUT2D eigenvalue weighted by Crippen LogP contribution is 2.22. The van der Waals surface area contributed by atoms with Gasteiger partial charge in [0.1, 0.15) is 5.82 Å². The van der Waals surface area contributed by atoms with Crippen molar-refractivity contribution in [3.63, 3.8) is 0 Å². The molecule has 116 valence electrons. The molecule has 1 fully saturated rings. The van der Waals surface area contributed by atoms with E-state index < -0.39 is 0 Å². The number of fused-ring (bicyclic) bond motifs is 1. The van der Waals surface area contributed by atoms with Crippen LogP contribution in [0.2, 0.25) is 0 Å². The number of nitrogen functional groups attached to an aromatic ring is 1. The third-order valence-corrected chi connectivity index (χ3v) is 4.53. The van der Waals surface area contributed by atoms with Crippen LogP contribution in [0.1, 0.15) is 25.1 Å². The van der Waals surface area contributed by atoms with E-state index in [0.29, 0.717) is 23.9 Å². The topological polar surface area (TPSA) is 99.9 Å². The average molecular weight is 291 g/mol. The van der Waals surface area contributed by atoms with Crippen molar-refractivity contribution in [2.75, 3.05) is 30.7 Å². The summed E-state index contributed by atoms with van der Waals surface area (Å²) < 4.78 is 0. The fraction of sp³-hybridized carbons (Fsp3) is 0.714. The molecule has 2 atom stereocenters. The maximum Gasteiger partial charge on any atom is 0.222 e. The molecule has 0 radical (unpaired) electrons. The molecule has 0 aliphatic carbocycles. The number of rotatable bonds is 3. The van der Waals surface area contributed by atoms with Crippen LogP contribution in [0, 0.1) is 5.92 Å². The molecule has 7 nitrogen and oxygen atoms in total. The van der Waals surface area contributed by atoms with Gasteiger partial charge < -0.3 is 16.4 Å². The first kappa shape index (κ1) is 14.5. The van der Waals surface area contributed by atoms with Gasteiger partial charge in [-0.15, -0.1) is 0 Å². The molecule has 2 aliphatic heterocycles. The summed E-state index contributed by atoms with van der Waals surface area (Å²) in [5.74, 6) is 1.79. The van der Waals surface area contributed by atoms with E-state index in [1.54, 1.807) is 0 Å². The smallest absolute Gasteiger partial charge is 0.222 e. The van der Waals surface area contributed by atoms with Gasteiger partial charge in [-0.2, -0.15) is 4.98 Å². The summed E-state index contributed by atoms with van der Waals surface area (Å²) in [5.41, 5.74) is 14.7. The lowest BCUT2D eigenvalue weighted by Crippen LogP contribution is -2.30. The molecule has 1 aromatic heterocycles. The average Bonchev–Trinajstić information content (AvgIpc) is 2.66. The maximum absolute atomic E-state index is 5.86. The molecular formula is C14H25N7. The van der Waals surface area contributed by atoms with Gasteiger partial charge in [0, 0.05) is 43.1 Å². The maximum atomic E-state index is 5.86. The number of hydrogen-bond acceptors (Lipinski definition) is 7. The van der Waals surface area contributed by atoms with Crippen LogP contribution in [0.25, 0.3) is 0 Å². The molecule has 2 aliphatic rings. The van der Waals surface area contributed by atoms with Crippen molar-refractivity contribution in [3.05, 3.63) is 11.3 Å². The van der Waals surface area contributed by atoms with Gasteiger partial charge in [0.2, 0.25) is 5.95 Å². The van der Waals surface area contributed by atoms with E-state index in [1.165, 1.54) is 5.56 Å². The Kier molecular flexibility index (Phi) is 4.23. The largest absolute Gasteiger partial charge is 0.369 e. The van der Waals surface area contributed by atoms with Crippen molar-refractivity contribution in [2.24, 2.45) is 5.92 Å². The van der Waals surface area contributed by atoms with Crippen molar-refractivity contribution >= 4 is 11.8 Å². The Bertz CT molecular complexity index is 494. The van der Waals surface area contributed by atoms with Crippen LogP contribution in [0.4, 0.5) is 11.8 Å². The van der Waals surface area contributed by atoms with Gasteiger partial charge in [-0.1, -0.05) is 0 Å². The third-order valence-electron chi connectivity index (χ3n) is 4.53. The zero-order chi connectivity index (χ0) is 14.8. The third kappa shape index (κ3) is 3.09. The highest BCUT2D eigenvalue weighted by atomic mass is 15.4. The summed E-state index contributed by atoms with van der Waals surface area (Å²) in [5, 5.41) is 6.90. The first-order valence-corrected chi connectivity index (χ1v) is 7.76. The Hall–Kier alpha value is -1.44. The molecule has 3 heterocycles. The molecule has 7 heteroatoms. The molecule has 2 unspecified atom stereocenters. The van der Waals surface area contributed by atoms with Crippen molar-refractivity contribution < 1.29 is 0 Å². The molecule has 0 spiro atoms. The predicted octanol–water partition coefficient (Wildman–Crippen LogP) is -0.340. The normalized spacial score (nSPS) is 29.0. The fourth-order valence-electron chi connectivity index (χ4n) is 3.19. The summed E-state index contributed by atoms with van der Waals surface area (Å²) in [6.45, 7) is 7.18. The number of hydrazine groups is 1. The Labute approximate surface area is 125 Å². The van der Waals surface area contributed by atoms with E-state index in [9.17, 15) is 0 Å². The van der Waals surface area contributed by atoms with Gasteiger partial charge in [0.15, 0.2) is 0 Å². The highest BCUT2D eigenvalue weighted by Gasteiger charge is 2.29. The van der Waals surface area contributed by atoms with Gasteiger partial charge in [0.05, 0.1) is 5.69 Å². The van der Waals surface area contributed by atoms with Crippen molar-refractivity contribution in [2.45, 2.75) is 38.8 Å². The number of hydrogen-bond donors (Lipinski definition) is 5. The van der Waals surface area contributed by atoms with Gasteiger partial charge in [0.25, 0.3) is 0 Å². The minimum absolute atomic E-state index is 0.363. The van der Waals surface area contributed by atoms with E-state index >= 15 is 0 Å². The standard InChI is InChI=1S/C14H25N7/c1-8-11(9(2)21-20-8)7-17-13-10-3-5-16-6-4-12(10)18-14(15)19-13/h8-9,11,16,20-21H,3-7H2,1-2H3,(H3,15,17,18,19). The van der Waals surface area contributed by atoms with Crippen molar-refractivity contribution in [1.82, 2.24) is 26.1 Å². The summed E-state index contributed by atoms with van der Waals surface area (Å²) in [4.78, 5) is 8.83. The van der Waals surface area contributed by atoms with Crippen LogP contribution in [0.5, 0.6) is 0 Å². The molecule has 1 aromatic rings. The minimum atomic E-state index is 0.363. The Morgan fingerprint density at radius 1 is 1.14 bits per heavy atom. The lowest BCUT2D eigenvalue weighted by molar-refractivity contribution is 0.466. The molecule has 0 saturated carbocycles. The number of nitrogens with one attached hydrogen (secondary N) is 4. The molecule has 0 aromatic carbocycles. The van der Waals surface area contributed by atoms with E-state index in [0.717, 1.165) is 44.0 Å². The van der Waals surface area contributed by atoms with E-state index in [2.05, 4.69) is 45.3 Å². The van der Waals surface area contributed by atoms with Crippen molar-refractivity contribution in [1.29, 1.82) is 0 Å². The minimum Gasteiger partial charge on any atom is -0.369 e. The highest BCUT2D eigenvalue weighted by molar-refractivity contribution is 5.50. The first-order valence-electron chi connectivity index (χ1n) is 7.76. The van der Waals surface area contributed by atoms with E-state index in [4.69, 9.17) is 5.73 Å². The van der Waals surface area contributed by atoms with Crippen LogP contribution in [-0.4, -0.2) is 41.7 Å². The summed E-state index contributed by atoms with van der Waals surface area (Å²) in [6.07, 6.45) is 1.86. The monoisotopic (exact) mass is 291 g/mol. The van der Waals surface area contributed by atoms with Gasteiger partial charge in [-0.3, -0.25) is 10.9 Å². The number of aromatic nitrogens is 2. The first-order chi connectivity index (χ1) is 10.1. The van der Waals surface area contributed by atoms with Crippen LogP contribution >= 0.6 is 0 Å². The Balaban J connectivity index is 1.77. The molecule has 1 saturated heterocycles. The lowest BCUT2D eigenvalue weighted by Gasteiger charge is -2.20. The summed E-state index contributed by atoms with van der Waals surface area (Å²) in [7, 11) is 0. The van der Waals surface area contributed by atoms with Gasteiger partial charge in [-0.05, 0) is 26.8 Å². The fourth-order valence-corrected chi connectivity index (χ4v) is 3.19. The quantitative estimate of drug-likeness (QED) is 0.519. The molecular weight excluding hydrogens is 266 g/mol. The molecule has 0 amide bonds. The Morgan fingerprint density at radius 2 is 1.86 bits per heavy atom. The Morgan fingerprint density at radius 3 is 2.62 bits per heavy atom. The molecule has 0 bridgehead atoms. The number of nitrogens with two attached hydrogens (primary N) is 1. The second-order valence-electron chi connectivity index (χ2n) is 6.02. The van der Waals surface area contributed by atoms with Crippen LogP contribution in [0.3, 0.4) is 0 Å². The van der Waals surface area contributed by atoms with Crippen molar-refractivity contribution in [3.8, 4) is 0 Å². The van der Waals surface area contributed by atoms with Gasteiger partial charge >= 0.3 is 0 Å². The lowest BCUT2D eigenvalue weighted by atomic mass is 9.96. The SMILES string of the molecule is CC1NNC(C)C1CNc1nc(N)nc2c1CCNCC2. The van der Waals surface area contributed by atoms with Crippen LogP contribution in [0.15, 0.2) is 0 Å². The summed E-state index contributed by atoms with van der Waals surface area (Å²) >= 11 is 0. The predicted molar refractivity (Wildman–Crippen MR) is 83.9 cm³/mol. The number of anilines is 2. The second kappa shape index (κ2) is 6.13. The second-order valence-corrected chi connectivity index (χ2v) is 6.02. The number of nitrogens with zero attached hydrogens (tertiary/aromatic N) is 2. The molecule has 21 heavy (non-hydrogen) atoms. The van der Waals surface area contributed by atoms with Crippen LogP contribution < -0.4 is 27.2 Å². The molecule has 3 rings (SSSR count).